The molecule has 1 unspecified atom stereocenters. The summed E-state index contributed by atoms with van der Waals surface area (Å²) in [5.41, 5.74) is 5.33. The molecule has 0 aromatic heterocycles. The summed E-state index contributed by atoms with van der Waals surface area (Å²) >= 11 is 0. The van der Waals surface area contributed by atoms with Crippen molar-refractivity contribution in [2.24, 2.45) is 5.73 Å². The lowest BCUT2D eigenvalue weighted by Gasteiger charge is -2.23. The van der Waals surface area contributed by atoms with E-state index in [2.05, 4.69) is 10.0 Å². The molecule has 112 valence electrons. The fraction of sp³-hybridized carbons (Fsp3) is 0.417. The summed E-state index contributed by atoms with van der Waals surface area (Å²) < 4.78 is 27.0. The molecule has 0 aliphatic carbocycles. The molecule has 0 radical (unpaired) electrons. The standard InChI is InChI=1S/C12H17N3O3S.ClH/c13-12(16)9-3-1-5-11(7-9)19(17,18)15-10-4-2-6-14-8-10;/h1,3,5,7,10,14-15H,2,4,6,8H2,(H2,13,16);1H. The first-order valence-corrected chi connectivity index (χ1v) is 7.60. The molecule has 8 heteroatoms. The number of nitrogens with two attached hydrogens (primary N) is 1. The van der Waals surface area contributed by atoms with Crippen molar-refractivity contribution in [3.63, 3.8) is 0 Å². The number of hydrogen-bond donors (Lipinski definition) is 3. The van der Waals surface area contributed by atoms with Gasteiger partial charge in [-0.2, -0.15) is 0 Å². The Labute approximate surface area is 124 Å². The van der Waals surface area contributed by atoms with Crippen molar-refractivity contribution in [3.05, 3.63) is 29.8 Å². The maximum atomic E-state index is 12.2. The second kappa shape index (κ2) is 7.03. The Kier molecular flexibility index (Phi) is 5.94. The average molecular weight is 320 g/mol. The van der Waals surface area contributed by atoms with E-state index in [1.165, 1.54) is 24.3 Å². The second-order valence-electron chi connectivity index (χ2n) is 4.56. The number of amides is 1. The number of sulfonamides is 1. The van der Waals surface area contributed by atoms with Gasteiger partial charge in [-0.25, -0.2) is 13.1 Å². The Morgan fingerprint density at radius 1 is 1.40 bits per heavy atom. The molecule has 1 fully saturated rings. The van der Waals surface area contributed by atoms with E-state index in [-0.39, 0.29) is 28.9 Å². The van der Waals surface area contributed by atoms with Crippen molar-refractivity contribution in [2.45, 2.75) is 23.8 Å². The highest BCUT2D eigenvalue weighted by atomic mass is 35.5. The number of piperidine rings is 1. The van der Waals surface area contributed by atoms with Crippen molar-refractivity contribution < 1.29 is 13.2 Å². The number of carbonyl (C=O) groups is 1. The van der Waals surface area contributed by atoms with Crippen molar-refractivity contribution in [2.75, 3.05) is 13.1 Å². The minimum absolute atomic E-state index is 0. The smallest absolute Gasteiger partial charge is 0.248 e. The van der Waals surface area contributed by atoms with E-state index in [1.54, 1.807) is 0 Å². The molecule has 20 heavy (non-hydrogen) atoms. The Morgan fingerprint density at radius 2 is 2.15 bits per heavy atom. The molecule has 1 heterocycles. The van der Waals surface area contributed by atoms with Gasteiger partial charge in [-0.15, -0.1) is 12.4 Å². The third-order valence-corrected chi connectivity index (χ3v) is 4.57. The van der Waals surface area contributed by atoms with E-state index in [4.69, 9.17) is 5.73 Å². The average Bonchev–Trinajstić information content (AvgIpc) is 2.39. The summed E-state index contributed by atoms with van der Waals surface area (Å²) in [6.45, 7) is 1.53. The summed E-state index contributed by atoms with van der Waals surface area (Å²) in [4.78, 5) is 11.1. The van der Waals surface area contributed by atoms with Gasteiger partial charge in [0.15, 0.2) is 0 Å². The van der Waals surface area contributed by atoms with Gasteiger partial charge >= 0.3 is 0 Å². The zero-order chi connectivity index (χ0) is 13.9. The Balaban J connectivity index is 0.00000200. The van der Waals surface area contributed by atoms with Gasteiger partial charge < -0.3 is 11.1 Å². The fourth-order valence-electron chi connectivity index (χ4n) is 2.06. The molecular weight excluding hydrogens is 302 g/mol. The largest absolute Gasteiger partial charge is 0.366 e. The molecule has 1 aromatic rings. The van der Waals surface area contributed by atoms with Crippen molar-refractivity contribution in [1.82, 2.24) is 10.0 Å². The number of primary amides is 1. The van der Waals surface area contributed by atoms with Crippen LogP contribution >= 0.6 is 12.4 Å². The minimum Gasteiger partial charge on any atom is -0.366 e. The summed E-state index contributed by atoms with van der Waals surface area (Å²) in [6.07, 6.45) is 1.75. The molecule has 1 aliphatic heterocycles. The molecule has 0 bridgehead atoms. The summed E-state index contributed by atoms with van der Waals surface area (Å²) in [6, 6.07) is 5.62. The number of benzene rings is 1. The number of rotatable bonds is 4. The summed E-state index contributed by atoms with van der Waals surface area (Å²) in [5.74, 6) is -0.642. The summed E-state index contributed by atoms with van der Waals surface area (Å²) in [5, 5.41) is 3.14. The normalized spacial score (nSPS) is 19.1. The van der Waals surface area contributed by atoms with Crippen LogP contribution in [0.15, 0.2) is 29.2 Å². The lowest BCUT2D eigenvalue weighted by atomic mass is 10.1. The zero-order valence-electron chi connectivity index (χ0n) is 10.8. The highest BCUT2D eigenvalue weighted by Crippen LogP contribution is 2.13. The Bertz CT molecular complexity index is 571. The molecule has 1 amide bonds. The van der Waals surface area contributed by atoms with Gasteiger partial charge in [0.05, 0.1) is 4.90 Å². The zero-order valence-corrected chi connectivity index (χ0v) is 12.5. The topological polar surface area (TPSA) is 101 Å². The first kappa shape index (κ1) is 16.9. The van der Waals surface area contributed by atoms with Crippen LogP contribution in [0.1, 0.15) is 23.2 Å². The van der Waals surface area contributed by atoms with Crippen LogP contribution < -0.4 is 15.8 Å². The van der Waals surface area contributed by atoms with Gasteiger partial charge in [-0.1, -0.05) is 6.07 Å². The van der Waals surface area contributed by atoms with Crippen LogP contribution in [-0.4, -0.2) is 33.5 Å². The van der Waals surface area contributed by atoms with Crippen LogP contribution in [0.5, 0.6) is 0 Å². The Hall–Kier alpha value is -1.15. The van der Waals surface area contributed by atoms with Gasteiger partial charge in [-0.3, -0.25) is 4.79 Å². The van der Waals surface area contributed by atoms with E-state index >= 15 is 0 Å². The predicted octanol–water partition coefficient (Wildman–Crippen LogP) is 0.238. The van der Waals surface area contributed by atoms with Gasteiger partial charge in [0, 0.05) is 18.2 Å². The molecule has 1 saturated heterocycles. The van der Waals surface area contributed by atoms with Crippen LogP contribution in [0.4, 0.5) is 0 Å². The molecule has 1 aromatic carbocycles. The quantitative estimate of drug-likeness (QED) is 0.739. The van der Waals surface area contributed by atoms with Gasteiger partial charge in [0.25, 0.3) is 0 Å². The maximum Gasteiger partial charge on any atom is 0.248 e. The van der Waals surface area contributed by atoms with E-state index in [1.807, 2.05) is 0 Å². The maximum absolute atomic E-state index is 12.2. The Morgan fingerprint density at radius 3 is 2.75 bits per heavy atom. The number of hydrogen-bond acceptors (Lipinski definition) is 4. The first-order chi connectivity index (χ1) is 8.99. The van der Waals surface area contributed by atoms with Crippen LogP contribution in [0.25, 0.3) is 0 Å². The second-order valence-corrected chi connectivity index (χ2v) is 6.27. The molecular formula is C12H18ClN3O3S. The minimum atomic E-state index is -3.61. The van der Waals surface area contributed by atoms with Crippen LogP contribution in [0, 0.1) is 0 Å². The lowest BCUT2D eigenvalue weighted by molar-refractivity contribution is 0.1000. The predicted molar refractivity (Wildman–Crippen MR) is 78.4 cm³/mol. The number of carbonyl (C=O) groups excluding carboxylic acids is 1. The fourth-order valence-corrected chi connectivity index (χ4v) is 3.37. The van der Waals surface area contributed by atoms with Crippen LogP contribution in [0.3, 0.4) is 0 Å². The van der Waals surface area contributed by atoms with E-state index in [9.17, 15) is 13.2 Å². The van der Waals surface area contributed by atoms with Gasteiger partial charge in [-0.05, 0) is 37.6 Å². The molecule has 2 rings (SSSR count). The van der Waals surface area contributed by atoms with Crippen molar-refractivity contribution >= 4 is 28.3 Å². The van der Waals surface area contributed by atoms with Crippen LogP contribution in [0.2, 0.25) is 0 Å². The molecule has 6 nitrogen and oxygen atoms in total. The van der Waals surface area contributed by atoms with Crippen molar-refractivity contribution in [3.8, 4) is 0 Å². The van der Waals surface area contributed by atoms with E-state index in [0.717, 1.165) is 19.4 Å². The van der Waals surface area contributed by atoms with Crippen molar-refractivity contribution in [1.29, 1.82) is 0 Å². The number of halogens is 1. The molecule has 0 spiro atoms. The third kappa shape index (κ3) is 4.17. The van der Waals surface area contributed by atoms with Gasteiger partial charge in [0.2, 0.25) is 15.9 Å². The van der Waals surface area contributed by atoms with E-state index in [0.29, 0.717) is 6.54 Å². The highest BCUT2D eigenvalue weighted by Gasteiger charge is 2.22. The molecule has 1 atom stereocenters. The van der Waals surface area contributed by atoms with E-state index < -0.39 is 15.9 Å². The van der Waals surface area contributed by atoms with Crippen LogP contribution in [-0.2, 0) is 10.0 Å². The molecule has 0 saturated carbocycles. The molecule has 4 N–H and O–H groups in total. The monoisotopic (exact) mass is 319 g/mol. The highest BCUT2D eigenvalue weighted by molar-refractivity contribution is 7.89. The third-order valence-electron chi connectivity index (χ3n) is 3.05. The first-order valence-electron chi connectivity index (χ1n) is 6.12. The molecule has 1 aliphatic rings. The van der Waals surface area contributed by atoms with Gasteiger partial charge in [0.1, 0.15) is 0 Å². The summed E-state index contributed by atoms with van der Waals surface area (Å²) in [7, 11) is -3.61. The number of nitrogens with one attached hydrogen (secondary N) is 2. The lowest BCUT2D eigenvalue weighted by Crippen LogP contribution is -2.45. The SMILES string of the molecule is Cl.NC(=O)c1cccc(S(=O)(=O)NC2CCCNC2)c1.